The number of ether oxygens (including phenoxy) is 1. The first-order valence-corrected chi connectivity index (χ1v) is 8.11. The van der Waals surface area contributed by atoms with Crippen LogP contribution >= 0.6 is 0 Å². The van der Waals surface area contributed by atoms with Crippen molar-refractivity contribution >= 4 is 5.91 Å². The highest BCUT2D eigenvalue weighted by Gasteiger charge is 2.38. The van der Waals surface area contributed by atoms with Crippen LogP contribution in [0.2, 0.25) is 0 Å². The number of rotatable bonds is 4. The molecule has 0 bridgehead atoms. The van der Waals surface area contributed by atoms with E-state index in [0.29, 0.717) is 18.6 Å². The normalized spacial score (nSPS) is 27.7. The van der Waals surface area contributed by atoms with Crippen LogP contribution < -0.4 is 5.32 Å². The number of benzene rings is 1. The third kappa shape index (κ3) is 3.54. The maximum Gasteiger partial charge on any atom is 0.254 e. The van der Waals surface area contributed by atoms with Crippen LogP contribution in [0.4, 0.5) is 4.39 Å². The highest BCUT2D eigenvalue weighted by Crippen LogP contribution is 2.24. The lowest BCUT2D eigenvalue weighted by molar-refractivity contribution is -0.0566. The van der Waals surface area contributed by atoms with E-state index in [4.69, 9.17) is 9.84 Å². The van der Waals surface area contributed by atoms with Gasteiger partial charge in [-0.3, -0.25) is 9.69 Å². The number of fused-ring (bicyclic) bond motifs is 1. The van der Waals surface area contributed by atoms with Crippen molar-refractivity contribution in [1.29, 1.82) is 0 Å². The highest BCUT2D eigenvalue weighted by atomic mass is 19.1. The molecule has 2 aliphatic rings. The minimum atomic E-state index is -0.482. The number of halogens is 1. The lowest BCUT2D eigenvalue weighted by Gasteiger charge is -2.34. The Morgan fingerprint density at radius 3 is 3.04 bits per heavy atom. The molecule has 1 aromatic rings. The van der Waals surface area contributed by atoms with Crippen molar-refractivity contribution in [3.05, 3.63) is 35.1 Å². The van der Waals surface area contributed by atoms with E-state index in [1.807, 2.05) is 0 Å². The summed E-state index contributed by atoms with van der Waals surface area (Å²) in [4.78, 5) is 14.7. The average molecular weight is 322 g/mol. The van der Waals surface area contributed by atoms with Crippen LogP contribution in [-0.2, 0) is 4.74 Å². The monoisotopic (exact) mass is 322 g/mol. The summed E-state index contributed by atoms with van der Waals surface area (Å²) in [6.07, 6.45) is 1.50. The van der Waals surface area contributed by atoms with Crippen LogP contribution in [-0.4, -0.2) is 60.4 Å². The van der Waals surface area contributed by atoms with Crippen LogP contribution in [0.1, 0.15) is 28.8 Å². The Bertz CT molecular complexity index is 561. The molecule has 0 aromatic heterocycles. The van der Waals surface area contributed by atoms with E-state index in [1.165, 1.54) is 6.07 Å². The van der Waals surface area contributed by atoms with E-state index in [1.54, 1.807) is 19.1 Å². The minimum absolute atomic E-state index is 0.00276. The van der Waals surface area contributed by atoms with Gasteiger partial charge in [0.15, 0.2) is 0 Å². The molecule has 23 heavy (non-hydrogen) atoms. The number of morpholine rings is 1. The average Bonchev–Trinajstić information content (AvgIpc) is 2.88. The predicted octanol–water partition coefficient (Wildman–Crippen LogP) is 1.09. The van der Waals surface area contributed by atoms with Gasteiger partial charge in [0.1, 0.15) is 5.82 Å². The molecule has 5 nitrogen and oxygen atoms in total. The molecule has 2 N–H and O–H groups in total. The molecule has 0 radical (unpaired) electrons. The standard InChI is InChI=1S/C17H23FN2O3/c1-11-3-2-4-15(18)16(11)17(22)19-12-7-13-10-23-14(5-6-21)9-20(13)8-12/h2-4,12-14,21H,5-10H2,1H3,(H,19,22)/t12-,13-,14-/m0/s1. The minimum Gasteiger partial charge on any atom is -0.396 e. The van der Waals surface area contributed by atoms with E-state index in [9.17, 15) is 9.18 Å². The Hall–Kier alpha value is -1.50. The van der Waals surface area contributed by atoms with Crippen LogP contribution in [0, 0.1) is 12.7 Å². The second-order valence-electron chi connectivity index (χ2n) is 6.41. The van der Waals surface area contributed by atoms with E-state index in [-0.39, 0.29) is 36.3 Å². The first kappa shape index (κ1) is 16.4. The molecule has 6 heteroatoms. The number of nitrogens with zero attached hydrogens (tertiary/aromatic N) is 1. The quantitative estimate of drug-likeness (QED) is 0.871. The van der Waals surface area contributed by atoms with Crippen molar-refractivity contribution < 1.29 is 19.0 Å². The SMILES string of the molecule is Cc1cccc(F)c1C(=O)N[C@H]1C[C@H]2CO[C@@H](CCO)CN2C1. The highest BCUT2D eigenvalue weighted by molar-refractivity contribution is 5.96. The predicted molar refractivity (Wildman–Crippen MR) is 83.8 cm³/mol. The molecule has 126 valence electrons. The number of amides is 1. The third-order valence-electron chi connectivity index (χ3n) is 4.73. The van der Waals surface area contributed by atoms with Gasteiger partial charge < -0.3 is 15.2 Å². The van der Waals surface area contributed by atoms with Crippen molar-refractivity contribution in [2.75, 3.05) is 26.3 Å². The van der Waals surface area contributed by atoms with E-state index in [0.717, 1.165) is 19.5 Å². The van der Waals surface area contributed by atoms with E-state index < -0.39 is 5.82 Å². The molecule has 2 fully saturated rings. The van der Waals surface area contributed by atoms with Gasteiger partial charge in [0.25, 0.3) is 5.91 Å². The summed E-state index contributed by atoms with van der Waals surface area (Å²) >= 11 is 0. The summed E-state index contributed by atoms with van der Waals surface area (Å²) in [5.41, 5.74) is 0.774. The first-order valence-electron chi connectivity index (χ1n) is 8.11. The zero-order valence-electron chi connectivity index (χ0n) is 13.3. The Labute approximate surface area is 135 Å². The lowest BCUT2D eigenvalue weighted by atomic mass is 10.1. The van der Waals surface area contributed by atoms with Gasteiger partial charge in [0.2, 0.25) is 0 Å². The van der Waals surface area contributed by atoms with Crippen molar-refractivity contribution in [1.82, 2.24) is 10.2 Å². The number of hydrogen-bond donors (Lipinski definition) is 2. The number of carbonyl (C=O) groups is 1. The van der Waals surface area contributed by atoms with Crippen LogP contribution in [0.5, 0.6) is 0 Å². The van der Waals surface area contributed by atoms with Crippen molar-refractivity contribution in [2.24, 2.45) is 0 Å². The molecule has 0 spiro atoms. The molecule has 1 amide bonds. The summed E-state index contributed by atoms with van der Waals surface area (Å²) in [5.74, 6) is -0.831. The summed E-state index contributed by atoms with van der Waals surface area (Å²) in [6, 6.07) is 4.95. The van der Waals surface area contributed by atoms with Gasteiger partial charge in [-0.05, 0) is 31.4 Å². The van der Waals surface area contributed by atoms with Gasteiger partial charge in [-0.1, -0.05) is 12.1 Å². The van der Waals surface area contributed by atoms with Gasteiger partial charge in [-0.15, -0.1) is 0 Å². The summed E-state index contributed by atoms with van der Waals surface area (Å²) in [5, 5.41) is 12.0. The van der Waals surface area contributed by atoms with Gasteiger partial charge in [-0.2, -0.15) is 0 Å². The maximum absolute atomic E-state index is 13.9. The second kappa shape index (κ2) is 6.95. The first-order chi connectivity index (χ1) is 11.1. The molecular formula is C17H23FN2O3. The van der Waals surface area contributed by atoms with Gasteiger partial charge in [-0.25, -0.2) is 4.39 Å². The second-order valence-corrected chi connectivity index (χ2v) is 6.41. The third-order valence-corrected chi connectivity index (χ3v) is 4.73. The van der Waals surface area contributed by atoms with Gasteiger partial charge >= 0.3 is 0 Å². The molecule has 0 unspecified atom stereocenters. The zero-order valence-corrected chi connectivity index (χ0v) is 13.3. The number of nitrogens with one attached hydrogen (secondary N) is 1. The number of aryl methyl sites for hydroxylation is 1. The smallest absolute Gasteiger partial charge is 0.254 e. The summed E-state index contributed by atoms with van der Waals surface area (Å²) in [7, 11) is 0. The Balaban J connectivity index is 1.61. The number of hydrogen-bond acceptors (Lipinski definition) is 4. The number of aliphatic hydroxyl groups is 1. The Morgan fingerprint density at radius 2 is 2.30 bits per heavy atom. The van der Waals surface area contributed by atoms with E-state index >= 15 is 0 Å². The molecule has 1 aromatic carbocycles. The van der Waals surface area contributed by atoms with Crippen LogP contribution in [0.15, 0.2) is 18.2 Å². The summed E-state index contributed by atoms with van der Waals surface area (Å²) < 4.78 is 19.6. The number of aliphatic hydroxyl groups excluding tert-OH is 1. The number of carbonyl (C=O) groups excluding carboxylic acids is 1. The largest absolute Gasteiger partial charge is 0.396 e. The van der Waals surface area contributed by atoms with Gasteiger partial charge in [0, 0.05) is 31.8 Å². The molecule has 0 aliphatic carbocycles. The molecular weight excluding hydrogens is 299 g/mol. The molecule has 2 aliphatic heterocycles. The van der Waals surface area contributed by atoms with Crippen molar-refractivity contribution in [2.45, 2.75) is 38.0 Å². The van der Waals surface area contributed by atoms with Crippen LogP contribution in [0.25, 0.3) is 0 Å². The Kier molecular flexibility index (Phi) is 4.94. The maximum atomic E-state index is 13.9. The fourth-order valence-electron chi connectivity index (χ4n) is 3.54. The summed E-state index contributed by atoms with van der Waals surface area (Å²) in [6.45, 7) is 4.00. The molecule has 2 heterocycles. The van der Waals surface area contributed by atoms with E-state index in [2.05, 4.69) is 10.2 Å². The molecule has 0 saturated carbocycles. The fourth-order valence-corrected chi connectivity index (χ4v) is 3.54. The van der Waals surface area contributed by atoms with Gasteiger partial charge in [0.05, 0.1) is 18.3 Å². The lowest BCUT2D eigenvalue weighted by Crippen LogP contribution is -2.46. The topological polar surface area (TPSA) is 61.8 Å². The molecule has 3 rings (SSSR count). The van der Waals surface area contributed by atoms with Crippen molar-refractivity contribution in [3.8, 4) is 0 Å². The molecule has 2 saturated heterocycles. The zero-order chi connectivity index (χ0) is 16.4. The fraction of sp³-hybridized carbons (Fsp3) is 0.588. The molecule has 3 atom stereocenters. The van der Waals surface area contributed by atoms with Crippen molar-refractivity contribution in [3.63, 3.8) is 0 Å². The Morgan fingerprint density at radius 1 is 1.48 bits per heavy atom. The van der Waals surface area contributed by atoms with Crippen LogP contribution in [0.3, 0.4) is 0 Å².